The number of aromatic nitrogens is 5. The van der Waals surface area contributed by atoms with E-state index in [1.165, 1.54) is 16.4 Å². The summed E-state index contributed by atoms with van der Waals surface area (Å²) >= 11 is 0. The molecule has 2 unspecified atom stereocenters. The number of hydrogen-bond donors (Lipinski definition) is 1. The zero-order valence-corrected chi connectivity index (χ0v) is 23.3. The third-order valence-electron chi connectivity index (χ3n) is 9.06. The van der Waals surface area contributed by atoms with E-state index in [2.05, 4.69) is 10.1 Å². The fourth-order valence-corrected chi connectivity index (χ4v) is 9.20. The van der Waals surface area contributed by atoms with E-state index in [1.807, 2.05) is 10.8 Å². The van der Waals surface area contributed by atoms with Crippen LogP contribution in [0.4, 0.5) is 17.6 Å². The molecule has 1 fully saturated rings. The first kappa shape index (κ1) is 26.5. The van der Waals surface area contributed by atoms with Crippen LogP contribution in [0.25, 0.3) is 11.8 Å². The Bertz CT molecular complexity index is 2000. The van der Waals surface area contributed by atoms with Crippen molar-refractivity contribution in [1.82, 2.24) is 28.9 Å². The van der Waals surface area contributed by atoms with Crippen LogP contribution in [0.1, 0.15) is 57.6 Å². The Kier molecular flexibility index (Phi) is 5.35. The number of halogens is 4. The molecule has 14 heteroatoms. The summed E-state index contributed by atoms with van der Waals surface area (Å²) < 4.78 is 82.8. The van der Waals surface area contributed by atoms with E-state index in [0.717, 1.165) is 30.4 Å². The van der Waals surface area contributed by atoms with Crippen LogP contribution >= 0.6 is 0 Å². The minimum Gasteiger partial charge on any atom is -0.291 e. The number of alkyl halides is 3. The Labute approximate surface area is 242 Å². The van der Waals surface area contributed by atoms with Gasteiger partial charge in [0.2, 0.25) is 0 Å². The molecule has 3 atom stereocenters. The second-order valence-corrected chi connectivity index (χ2v) is 13.4. The quantitative estimate of drug-likeness (QED) is 0.255. The lowest BCUT2D eigenvalue weighted by Gasteiger charge is -2.46. The van der Waals surface area contributed by atoms with Gasteiger partial charge in [-0.15, -0.1) is 0 Å². The Morgan fingerprint density at radius 3 is 2.72 bits per heavy atom. The summed E-state index contributed by atoms with van der Waals surface area (Å²) in [6, 6.07) is 6.80. The standard InChI is InChI=1S/C29H23F4N7O2S/c30-19-3-5-20(6-4-19)40-23-11-18-12-24-25-26(22-2-1-9-38(22)37-25)43(34,42)39(24)15-28(18,13-16(23)14-36-40)27(41)21-10-17(7-8-35-21)29(31,32)33/h3-8,10-11,14,24,34H,1-2,9,12-13,15H2/t24?,28-,43?/m0/s1. The Balaban J connectivity index is 1.30. The lowest BCUT2D eigenvalue weighted by atomic mass is 9.64. The summed E-state index contributed by atoms with van der Waals surface area (Å²) in [5.41, 5.74) is 1.06. The molecule has 0 spiro atoms. The van der Waals surface area contributed by atoms with Crippen LogP contribution in [0.2, 0.25) is 0 Å². The molecular formula is C29H23F4N7O2S. The fourth-order valence-electron chi connectivity index (χ4n) is 7.05. The van der Waals surface area contributed by atoms with Crippen molar-refractivity contribution in [2.75, 3.05) is 6.54 Å². The maximum Gasteiger partial charge on any atom is 0.416 e. The van der Waals surface area contributed by atoms with Crippen molar-refractivity contribution in [3.8, 4) is 5.69 Å². The number of benzene rings is 1. The topological polar surface area (TPSA) is 110 Å². The van der Waals surface area contributed by atoms with E-state index in [0.29, 0.717) is 46.1 Å². The minimum absolute atomic E-state index is 0.0510. The molecule has 0 amide bonds. The number of fused-ring (bicyclic) bond motifs is 7. The van der Waals surface area contributed by atoms with E-state index in [1.54, 1.807) is 23.0 Å². The van der Waals surface area contributed by atoms with Crippen LogP contribution in [0, 0.1) is 16.0 Å². The average Bonchev–Trinajstić information content (AvgIpc) is 3.72. The van der Waals surface area contributed by atoms with E-state index >= 15 is 0 Å². The van der Waals surface area contributed by atoms with Crippen LogP contribution < -0.4 is 0 Å². The van der Waals surface area contributed by atoms with Gasteiger partial charge < -0.3 is 0 Å². The first-order valence-electron chi connectivity index (χ1n) is 13.7. The van der Waals surface area contributed by atoms with E-state index in [-0.39, 0.29) is 25.1 Å². The van der Waals surface area contributed by atoms with Crippen molar-refractivity contribution in [2.45, 2.75) is 49.3 Å². The van der Waals surface area contributed by atoms with Crippen LogP contribution in [0.15, 0.2) is 59.3 Å². The Hall–Kier alpha value is -4.17. The summed E-state index contributed by atoms with van der Waals surface area (Å²) in [6.07, 6.45) is 1.40. The molecule has 3 aromatic heterocycles. The lowest BCUT2D eigenvalue weighted by Crippen LogP contribution is -2.52. The molecule has 6 heterocycles. The molecule has 220 valence electrons. The molecule has 4 aliphatic rings. The fraction of sp³-hybridized carbons (Fsp3) is 0.310. The number of rotatable bonds is 3. The van der Waals surface area contributed by atoms with Gasteiger partial charge in [-0.05, 0) is 73.7 Å². The van der Waals surface area contributed by atoms with Crippen molar-refractivity contribution in [2.24, 2.45) is 5.41 Å². The highest BCUT2D eigenvalue weighted by Crippen LogP contribution is 2.56. The minimum atomic E-state index is -4.68. The number of piperidine rings is 1. The molecule has 1 saturated heterocycles. The molecule has 3 aliphatic heterocycles. The highest BCUT2D eigenvalue weighted by molar-refractivity contribution is 7.90. The van der Waals surface area contributed by atoms with Gasteiger partial charge in [-0.2, -0.15) is 23.4 Å². The molecule has 8 rings (SSSR count). The van der Waals surface area contributed by atoms with Gasteiger partial charge in [0.1, 0.15) is 26.3 Å². The third kappa shape index (κ3) is 3.68. The van der Waals surface area contributed by atoms with Crippen LogP contribution in [-0.2, 0) is 35.5 Å². The average molecular weight is 610 g/mol. The smallest absolute Gasteiger partial charge is 0.291 e. The van der Waals surface area contributed by atoms with Crippen LogP contribution in [0.5, 0.6) is 0 Å². The molecular weight excluding hydrogens is 586 g/mol. The number of nitrogens with zero attached hydrogens (tertiary/aromatic N) is 6. The van der Waals surface area contributed by atoms with Gasteiger partial charge in [-0.25, -0.2) is 22.4 Å². The van der Waals surface area contributed by atoms with Crippen molar-refractivity contribution >= 4 is 21.8 Å². The third-order valence-corrected chi connectivity index (χ3v) is 11.1. The number of ketones is 1. The van der Waals surface area contributed by atoms with E-state index in [4.69, 9.17) is 9.88 Å². The van der Waals surface area contributed by atoms with E-state index < -0.39 is 44.7 Å². The Morgan fingerprint density at radius 2 is 1.95 bits per heavy atom. The molecule has 0 radical (unpaired) electrons. The van der Waals surface area contributed by atoms with E-state index in [9.17, 15) is 26.6 Å². The van der Waals surface area contributed by atoms with Gasteiger partial charge in [0.25, 0.3) is 0 Å². The van der Waals surface area contributed by atoms with Crippen molar-refractivity contribution < 1.29 is 26.6 Å². The van der Waals surface area contributed by atoms with Gasteiger partial charge in [0.15, 0.2) is 5.78 Å². The molecule has 1 N–H and O–H groups in total. The highest BCUT2D eigenvalue weighted by atomic mass is 32.2. The summed E-state index contributed by atoms with van der Waals surface area (Å²) in [7, 11) is -3.53. The zero-order chi connectivity index (χ0) is 29.9. The normalized spacial score (nSPS) is 25.9. The number of Topliss-reactive ketones (excluding diaryl/α,β-unsaturated/α-hetero) is 1. The summed E-state index contributed by atoms with van der Waals surface area (Å²) in [5, 5.41) is 9.22. The van der Waals surface area contributed by atoms with Crippen molar-refractivity contribution in [3.63, 3.8) is 0 Å². The maximum absolute atomic E-state index is 14.4. The van der Waals surface area contributed by atoms with Gasteiger partial charge in [-0.1, -0.05) is 5.57 Å². The number of nitrogens with one attached hydrogen (secondary N) is 1. The molecule has 0 saturated carbocycles. The molecule has 1 aliphatic carbocycles. The predicted molar refractivity (Wildman–Crippen MR) is 145 cm³/mol. The molecule has 4 aromatic rings. The SMILES string of the molecule is N=S1(=O)c2c(nn3c2CCC3)C2CC3=Cc4c(cnn4-c4ccc(F)cc4)C[C@]3(C(=O)c3cc(C(F)(F)F)ccn3)CN21. The largest absolute Gasteiger partial charge is 0.416 e. The summed E-state index contributed by atoms with van der Waals surface area (Å²) in [6.45, 7) is 0.524. The molecule has 0 bridgehead atoms. The Morgan fingerprint density at radius 1 is 1.16 bits per heavy atom. The van der Waals surface area contributed by atoms with Crippen LogP contribution in [0.3, 0.4) is 0 Å². The zero-order valence-electron chi connectivity index (χ0n) is 22.4. The molecule has 9 nitrogen and oxygen atoms in total. The number of carbonyl (C=O) groups excluding carboxylic acids is 1. The predicted octanol–water partition coefficient (Wildman–Crippen LogP) is 5.16. The van der Waals surface area contributed by atoms with Crippen molar-refractivity contribution in [3.05, 3.63) is 94.1 Å². The monoisotopic (exact) mass is 609 g/mol. The highest BCUT2D eigenvalue weighted by Gasteiger charge is 2.58. The van der Waals surface area contributed by atoms with Crippen molar-refractivity contribution in [1.29, 1.82) is 4.78 Å². The lowest BCUT2D eigenvalue weighted by molar-refractivity contribution is -0.137. The summed E-state index contributed by atoms with van der Waals surface area (Å²) in [4.78, 5) is 18.9. The van der Waals surface area contributed by atoms with Gasteiger partial charge in [0.05, 0.1) is 46.0 Å². The van der Waals surface area contributed by atoms with Gasteiger partial charge in [-0.3, -0.25) is 14.5 Å². The molecule has 43 heavy (non-hydrogen) atoms. The maximum atomic E-state index is 14.4. The summed E-state index contributed by atoms with van der Waals surface area (Å²) in [5.74, 6) is -1.05. The van der Waals surface area contributed by atoms with Crippen LogP contribution in [-0.4, -0.2) is 45.4 Å². The number of carbonyl (C=O) groups is 1. The number of aryl methyl sites for hydroxylation is 1. The number of hydrogen-bond acceptors (Lipinski definition) is 6. The van der Waals surface area contributed by atoms with Gasteiger partial charge in [0, 0.05) is 19.3 Å². The first-order chi connectivity index (χ1) is 20.5. The molecule has 1 aromatic carbocycles. The number of pyridine rings is 1. The second-order valence-electron chi connectivity index (χ2n) is 11.4. The second kappa shape index (κ2) is 8.69. The first-order valence-corrected chi connectivity index (χ1v) is 15.3. The van der Waals surface area contributed by atoms with Gasteiger partial charge >= 0.3 is 6.18 Å².